The lowest BCUT2D eigenvalue weighted by Crippen LogP contribution is -2.49. The van der Waals surface area contributed by atoms with Crippen LogP contribution >= 0.6 is 0 Å². The molecule has 2 N–H and O–H groups in total. The molecule has 18 heavy (non-hydrogen) atoms. The van der Waals surface area contributed by atoms with Crippen LogP contribution in [0.5, 0.6) is 0 Å². The van der Waals surface area contributed by atoms with Crippen LogP contribution in [0.1, 0.15) is 35.9 Å². The Morgan fingerprint density at radius 3 is 2.89 bits per heavy atom. The summed E-state index contributed by atoms with van der Waals surface area (Å²) in [5.41, 5.74) is 7.31. The predicted molar refractivity (Wildman–Crippen MR) is 70.2 cm³/mol. The Kier molecular flexibility index (Phi) is 3.71. The number of aryl methyl sites for hydroxylation is 2. The summed E-state index contributed by atoms with van der Waals surface area (Å²) >= 11 is 0. The third-order valence-corrected chi connectivity index (χ3v) is 3.84. The van der Waals surface area contributed by atoms with Crippen molar-refractivity contribution < 1.29 is 4.79 Å². The molecule has 100 valence electrons. The maximum absolute atomic E-state index is 12.4. The van der Waals surface area contributed by atoms with Gasteiger partial charge in [-0.05, 0) is 31.7 Å². The Morgan fingerprint density at radius 2 is 2.33 bits per heavy atom. The Balaban J connectivity index is 2.17. The molecule has 1 aliphatic rings. The maximum Gasteiger partial charge on any atom is 0.274 e. The van der Waals surface area contributed by atoms with E-state index in [0.29, 0.717) is 18.2 Å². The number of aromatic nitrogens is 2. The van der Waals surface area contributed by atoms with Crippen molar-refractivity contribution in [1.82, 2.24) is 14.7 Å². The number of hydrogen-bond donors (Lipinski definition) is 1. The standard InChI is InChI=1S/C13H22N4O/c1-9-4-5-17(11(6-9)8-14)13(18)12-7-10(2)16(3)15-12/h7,9,11H,4-6,8,14H2,1-3H3. The molecule has 0 saturated carbocycles. The first-order valence-corrected chi connectivity index (χ1v) is 6.54. The highest BCUT2D eigenvalue weighted by Crippen LogP contribution is 2.23. The van der Waals surface area contributed by atoms with E-state index < -0.39 is 0 Å². The van der Waals surface area contributed by atoms with Crippen LogP contribution < -0.4 is 5.73 Å². The topological polar surface area (TPSA) is 64.2 Å². The lowest BCUT2D eigenvalue weighted by molar-refractivity contribution is 0.0567. The lowest BCUT2D eigenvalue weighted by atomic mass is 9.92. The molecule has 1 aromatic rings. The molecular formula is C13H22N4O. The first-order chi connectivity index (χ1) is 8.52. The van der Waals surface area contributed by atoms with Gasteiger partial charge in [0.15, 0.2) is 5.69 Å². The summed E-state index contributed by atoms with van der Waals surface area (Å²) in [6, 6.07) is 2.00. The van der Waals surface area contributed by atoms with Gasteiger partial charge >= 0.3 is 0 Å². The molecular weight excluding hydrogens is 228 g/mol. The first-order valence-electron chi connectivity index (χ1n) is 6.54. The summed E-state index contributed by atoms with van der Waals surface area (Å²) in [5.74, 6) is 0.661. The van der Waals surface area contributed by atoms with Crippen LogP contribution in [-0.2, 0) is 7.05 Å². The molecule has 1 saturated heterocycles. The van der Waals surface area contributed by atoms with Gasteiger partial charge in [-0.25, -0.2) is 0 Å². The van der Waals surface area contributed by atoms with Crippen molar-refractivity contribution in [2.24, 2.45) is 18.7 Å². The van der Waals surface area contributed by atoms with Gasteiger partial charge in [-0.15, -0.1) is 0 Å². The molecule has 1 amide bonds. The average Bonchev–Trinajstić information content (AvgIpc) is 2.68. The molecule has 2 atom stereocenters. The van der Waals surface area contributed by atoms with Crippen molar-refractivity contribution in [3.05, 3.63) is 17.5 Å². The van der Waals surface area contributed by atoms with Gasteiger partial charge in [-0.3, -0.25) is 9.48 Å². The van der Waals surface area contributed by atoms with Crippen LogP contribution in [0.2, 0.25) is 0 Å². The van der Waals surface area contributed by atoms with Crippen LogP contribution in [0.3, 0.4) is 0 Å². The molecule has 0 radical (unpaired) electrons. The van der Waals surface area contributed by atoms with E-state index in [2.05, 4.69) is 12.0 Å². The monoisotopic (exact) mass is 250 g/mol. The molecule has 2 heterocycles. The van der Waals surface area contributed by atoms with Gasteiger partial charge in [0.05, 0.1) is 0 Å². The second-order valence-electron chi connectivity index (χ2n) is 5.31. The second kappa shape index (κ2) is 5.10. The molecule has 5 nitrogen and oxygen atoms in total. The number of hydrogen-bond acceptors (Lipinski definition) is 3. The number of carbonyl (C=O) groups excluding carboxylic acids is 1. The van der Waals surface area contributed by atoms with Gasteiger partial charge in [-0.2, -0.15) is 5.10 Å². The van der Waals surface area contributed by atoms with Crippen molar-refractivity contribution in [3.8, 4) is 0 Å². The predicted octanol–water partition coefficient (Wildman–Crippen LogP) is 0.928. The van der Waals surface area contributed by atoms with Crippen LogP contribution in [0.15, 0.2) is 6.07 Å². The Labute approximate surface area is 108 Å². The number of rotatable bonds is 2. The molecule has 2 unspecified atom stereocenters. The minimum absolute atomic E-state index is 0.0149. The number of carbonyl (C=O) groups is 1. The molecule has 0 aromatic carbocycles. The first kappa shape index (κ1) is 13.1. The Hall–Kier alpha value is -1.36. The highest BCUT2D eigenvalue weighted by molar-refractivity contribution is 5.92. The van der Waals surface area contributed by atoms with Gasteiger partial charge in [0, 0.05) is 31.9 Å². The largest absolute Gasteiger partial charge is 0.333 e. The summed E-state index contributed by atoms with van der Waals surface area (Å²) < 4.78 is 1.73. The lowest BCUT2D eigenvalue weighted by Gasteiger charge is -2.37. The van der Waals surface area contributed by atoms with E-state index in [4.69, 9.17) is 5.73 Å². The molecule has 0 aliphatic carbocycles. The van der Waals surface area contributed by atoms with E-state index in [1.165, 1.54) is 0 Å². The fourth-order valence-corrected chi connectivity index (χ4v) is 2.55. The normalized spacial score (nSPS) is 24.3. The minimum atomic E-state index is 0.0149. The van der Waals surface area contributed by atoms with Crippen molar-refractivity contribution in [2.75, 3.05) is 13.1 Å². The Morgan fingerprint density at radius 1 is 1.61 bits per heavy atom. The van der Waals surface area contributed by atoms with E-state index in [0.717, 1.165) is 25.1 Å². The highest BCUT2D eigenvalue weighted by atomic mass is 16.2. The number of nitrogens with two attached hydrogens (primary N) is 1. The molecule has 5 heteroatoms. The van der Waals surface area contributed by atoms with Crippen molar-refractivity contribution >= 4 is 5.91 Å². The molecule has 0 bridgehead atoms. The van der Waals surface area contributed by atoms with Gasteiger partial charge < -0.3 is 10.6 Å². The van der Waals surface area contributed by atoms with Crippen molar-refractivity contribution in [2.45, 2.75) is 32.7 Å². The highest BCUT2D eigenvalue weighted by Gasteiger charge is 2.30. The summed E-state index contributed by atoms with van der Waals surface area (Å²) in [6.07, 6.45) is 2.04. The third-order valence-electron chi connectivity index (χ3n) is 3.84. The molecule has 1 fully saturated rings. The van der Waals surface area contributed by atoms with Crippen LogP contribution in [0.4, 0.5) is 0 Å². The average molecular weight is 250 g/mol. The number of likely N-dealkylation sites (tertiary alicyclic amines) is 1. The van der Waals surface area contributed by atoms with E-state index in [-0.39, 0.29) is 11.9 Å². The minimum Gasteiger partial charge on any atom is -0.333 e. The van der Waals surface area contributed by atoms with Gasteiger partial charge in [0.2, 0.25) is 0 Å². The van der Waals surface area contributed by atoms with Crippen LogP contribution in [-0.4, -0.2) is 39.7 Å². The van der Waals surface area contributed by atoms with Crippen molar-refractivity contribution in [1.29, 1.82) is 0 Å². The quantitative estimate of drug-likeness (QED) is 0.849. The summed E-state index contributed by atoms with van der Waals surface area (Å²) in [5, 5.41) is 4.26. The van der Waals surface area contributed by atoms with Gasteiger partial charge in [0.1, 0.15) is 0 Å². The van der Waals surface area contributed by atoms with Gasteiger partial charge in [-0.1, -0.05) is 6.92 Å². The third kappa shape index (κ3) is 2.41. The number of amides is 1. The van der Waals surface area contributed by atoms with E-state index in [1.54, 1.807) is 4.68 Å². The second-order valence-corrected chi connectivity index (χ2v) is 5.31. The van der Waals surface area contributed by atoms with E-state index in [9.17, 15) is 4.79 Å². The fourth-order valence-electron chi connectivity index (χ4n) is 2.55. The number of piperidine rings is 1. The molecule has 1 aliphatic heterocycles. The van der Waals surface area contributed by atoms with E-state index >= 15 is 0 Å². The van der Waals surface area contributed by atoms with Crippen LogP contribution in [0.25, 0.3) is 0 Å². The van der Waals surface area contributed by atoms with Crippen molar-refractivity contribution in [3.63, 3.8) is 0 Å². The molecule has 1 aromatic heterocycles. The zero-order chi connectivity index (χ0) is 13.3. The van der Waals surface area contributed by atoms with E-state index in [1.807, 2.05) is 24.9 Å². The number of nitrogens with zero attached hydrogens (tertiary/aromatic N) is 3. The van der Waals surface area contributed by atoms with Crippen LogP contribution in [0, 0.1) is 12.8 Å². The fraction of sp³-hybridized carbons (Fsp3) is 0.692. The zero-order valence-corrected chi connectivity index (χ0v) is 11.4. The SMILES string of the molecule is Cc1cc(C(=O)N2CCC(C)CC2CN)nn1C. The smallest absolute Gasteiger partial charge is 0.274 e. The summed E-state index contributed by atoms with van der Waals surface area (Å²) in [7, 11) is 1.85. The maximum atomic E-state index is 12.4. The van der Waals surface area contributed by atoms with Gasteiger partial charge in [0.25, 0.3) is 5.91 Å². The molecule has 2 rings (SSSR count). The zero-order valence-electron chi connectivity index (χ0n) is 11.4. The summed E-state index contributed by atoms with van der Waals surface area (Å²) in [6.45, 7) is 5.48. The Bertz CT molecular complexity index is 421. The molecule has 0 spiro atoms. The summed E-state index contributed by atoms with van der Waals surface area (Å²) in [4.78, 5) is 14.3.